The molecule has 0 saturated carbocycles. The zero-order chi connectivity index (χ0) is 21.8. The summed E-state index contributed by atoms with van der Waals surface area (Å²) in [5.41, 5.74) is 4.45. The monoisotopic (exact) mass is 416 g/mol. The molecule has 2 aromatic heterocycles. The number of nitro benzene ring substituents is 1. The molecule has 0 radical (unpaired) electrons. The summed E-state index contributed by atoms with van der Waals surface area (Å²) in [6.45, 7) is -0.0561. The minimum absolute atomic E-state index is 0.0561. The fraction of sp³-hybridized carbons (Fsp3) is 0.0476. The van der Waals surface area contributed by atoms with Crippen molar-refractivity contribution >= 4 is 28.8 Å². The van der Waals surface area contributed by atoms with Crippen LogP contribution in [0, 0.1) is 10.1 Å². The summed E-state index contributed by atoms with van der Waals surface area (Å²) in [4.78, 5) is 31.6. The first-order valence-electron chi connectivity index (χ1n) is 9.19. The van der Waals surface area contributed by atoms with Crippen LogP contribution in [0.5, 0.6) is 5.75 Å². The Morgan fingerprint density at radius 2 is 2.00 bits per heavy atom. The number of hydrazone groups is 1. The second-order valence-electron chi connectivity index (χ2n) is 6.52. The first-order chi connectivity index (χ1) is 15.0. The number of amides is 1. The lowest BCUT2D eigenvalue weighted by molar-refractivity contribution is -0.385. The van der Waals surface area contributed by atoms with E-state index in [1.807, 2.05) is 36.4 Å². The summed E-state index contributed by atoms with van der Waals surface area (Å²) in [7, 11) is 0. The lowest BCUT2D eigenvalue weighted by Crippen LogP contribution is -2.23. The Labute approximate surface area is 175 Å². The second kappa shape index (κ2) is 8.41. The summed E-state index contributed by atoms with van der Waals surface area (Å²) in [6.07, 6.45) is 2.91. The SMILES string of the molecule is O=C(Cn1c(-c2ccccn2)nc2ccccc21)N/N=C\c1ccc(O)c([N+](=O)[O-])c1. The van der Waals surface area contributed by atoms with E-state index in [0.29, 0.717) is 17.1 Å². The van der Waals surface area contributed by atoms with E-state index in [-0.39, 0.29) is 6.54 Å². The van der Waals surface area contributed by atoms with Crippen LogP contribution in [-0.4, -0.2) is 36.7 Å². The quantitative estimate of drug-likeness (QED) is 0.282. The highest BCUT2D eigenvalue weighted by atomic mass is 16.6. The van der Waals surface area contributed by atoms with Gasteiger partial charge in [0.1, 0.15) is 12.2 Å². The summed E-state index contributed by atoms with van der Waals surface area (Å²) in [6, 6.07) is 16.7. The molecule has 0 spiro atoms. The summed E-state index contributed by atoms with van der Waals surface area (Å²) < 4.78 is 1.74. The van der Waals surface area contributed by atoms with E-state index >= 15 is 0 Å². The van der Waals surface area contributed by atoms with E-state index < -0.39 is 22.3 Å². The number of rotatable bonds is 6. The number of nitrogens with one attached hydrogen (secondary N) is 1. The summed E-state index contributed by atoms with van der Waals surface area (Å²) in [5, 5.41) is 24.3. The van der Waals surface area contributed by atoms with Crippen molar-refractivity contribution in [3.05, 3.63) is 82.5 Å². The average molecular weight is 416 g/mol. The van der Waals surface area contributed by atoms with Crippen molar-refractivity contribution in [3.8, 4) is 17.3 Å². The van der Waals surface area contributed by atoms with Crippen molar-refractivity contribution in [3.63, 3.8) is 0 Å². The van der Waals surface area contributed by atoms with Crippen LogP contribution in [0.1, 0.15) is 5.56 Å². The topological polar surface area (TPSA) is 136 Å². The van der Waals surface area contributed by atoms with Crippen molar-refractivity contribution < 1.29 is 14.8 Å². The highest BCUT2D eigenvalue weighted by molar-refractivity contribution is 5.86. The summed E-state index contributed by atoms with van der Waals surface area (Å²) >= 11 is 0. The van der Waals surface area contributed by atoms with E-state index in [0.717, 1.165) is 17.1 Å². The van der Waals surface area contributed by atoms with Crippen LogP contribution in [0.25, 0.3) is 22.6 Å². The minimum atomic E-state index is -0.700. The Morgan fingerprint density at radius 1 is 1.19 bits per heavy atom. The van der Waals surface area contributed by atoms with Crippen LogP contribution in [-0.2, 0) is 11.3 Å². The molecule has 1 amide bonds. The Morgan fingerprint density at radius 3 is 2.77 bits per heavy atom. The van der Waals surface area contributed by atoms with Gasteiger partial charge in [-0.1, -0.05) is 18.2 Å². The molecule has 10 heteroatoms. The van der Waals surface area contributed by atoms with Gasteiger partial charge in [0.05, 0.1) is 22.2 Å². The Hall–Kier alpha value is -4.60. The molecule has 0 aliphatic rings. The number of carbonyl (C=O) groups is 1. The predicted octanol–water partition coefficient (Wildman–Crippen LogP) is 2.86. The molecule has 0 aliphatic heterocycles. The molecule has 154 valence electrons. The molecular formula is C21H16N6O4. The molecule has 0 fully saturated rings. The van der Waals surface area contributed by atoms with Gasteiger partial charge in [0, 0.05) is 17.8 Å². The normalized spacial score (nSPS) is 11.1. The first kappa shape index (κ1) is 19.7. The number of hydrogen-bond acceptors (Lipinski definition) is 7. The molecule has 0 aliphatic carbocycles. The number of fused-ring (bicyclic) bond motifs is 1. The fourth-order valence-corrected chi connectivity index (χ4v) is 3.05. The third kappa shape index (κ3) is 4.22. The Bertz CT molecular complexity index is 1300. The number of aromatic hydroxyl groups is 1. The maximum Gasteiger partial charge on any atom is 0.311 e. The average Bonchev–Trinajstić information content (AvgIpc) is 3.14. The van der Waals surface area contributed by atoms with E-state index in [2.05, 4.69) is 20.5 Å². The molecule has 0 saturated heterocycles. The largest absolute Gasteiger partial charge is 0.502 e. The zero-order valence-corrected chi connectivity index (χ0v) is 16.0. The molecule has 0 unspecified atom stereocenters. The highest BCUT2D eigenvalue weighted by Gasteiger charge is 2.16. The molecule has 0 atom stereocenters. The number of phenols is 1. The lowest BCUT2D eigenvalue weighted by atomic mass is 10.2. The number of imidazole rings is 1. The Balaban J connectivity index is 1.55. The van der Waals surface area contributed by atoms with Gasteiger partial charge in [-0.05, 0) is 36.4 Å². The van der Waals surface area contributed by atoms with Gasteiger partial charge < -0.3 is 9.67 Å². The number of benzene rings is 2. The van der Waals surface area contributed by atoms with Gasteiger partial charge in [0.15, 0.2) is 11.6 Å². The minimum Gasteiger partial charge on any atom is -0.502 e. The van der Waals surface area contributed by atoms with Crippen molar-refractivity contribution in [1.29, 1.82) is 0 Å². The number of carbonyl (C=O) groups excluding carboxylic acids is 1. The number of nitrogens with zero attached hydrogens (tertiary/aromatic N) is 5. The van der Waals surface area contributed by atoms with E-state index in [1.165, 1.54) is 18.3 Å². The van der Waals surface area contributed by atoms with E-state index in [4.69, 9.17) is 0 Å². The third-order valence-electron chi connectivity index (χ3n) is 4.45. The number of phenolic OH excluding ortho intramolecular Hbond substituents is 1. The van der Waals surface area contributed by atoms with Crippen LogP contribution < -0.4 is 5.43 Å². The van der Waals surface area contributed by atoms with Crippen LogP contribution >= 0.6 is 0 Å². The molecule has 4 rings (SSSR count). The highest BCUT2D eigenvalue weighted by Crippen LogP contribution is 2.25. The molecular weight excluding hydrogens is 400 g/mol. The van der Waals surface area contributed by atoms with Gasteiger partial charge in [0.2, 0.25) is 0 Å². The molecule has 0 bridgehead atoms. The van der Waals surface area contributed by atoms with Crippen molar-refractivity contribution in [2.75, 3.05) is 0 Å². The number of hydrogen-bond donors (Lipinski definition) is 2. The Kier molecular flexibility index (Phi) is 5.35. The standard InChI is InChI=1S/C21H16N6O4/c28-19-9-8-14(11-18(19)27(30)31)12-23-25-20(29)13-26-17-7-2-1-5-15(17)24-21(26)16-6-3-4-10-22-16/h1-12,28H,13H2,(H,25,29)/b23-12-. The molecule has 2 heterocycles. The fourth-order valence-electron chi connectivity index (χ4n) is 3.05. The predicted molar refractivity (Wildman–Crippen MR) is 113 cm³/mol. The molecule has 10 nitrogen and oxygen atoms in total. The van der Waals surface area contributed by atoms with Crippen LogP contribution in [0.3, 0.4) is 0 Å². The van der Waals surface area contributed by atoms with Crippen LogP contribution in [0.2, 0.25) is 0 Å². The maximum atomic E-state index is 12.5. The number of pyridine rings is 1. The second-order valence-corrected chi connectivity index (χ2v) is 6.52. The smallest absolute Gasteiger partial charge is 0.311 e. The molecule has 2 N–H and O–H groups in total. The van der Waals surface area contributed by atoms with E-state index in [1.54, 1.807) is 16.8 Å². The number of para-hydroxylation sites is 2. The number of nitro groups is 1. The van der Waals surface area contributed by atoms with Crippen molar-refractivity contribution in [1.82, 2.24) is 20.0 Å². The lowest BCUT2D eigenvalue weighted by Gasteiger charge is -2.07. The van der Waals surface area contributed by atoms with Gasteiger partial charge in [-0.25, -0.2) is 10.4 Å². The van der Waals surface area contributed by atoms with Gasteiger partial charge in [-0.15, -0.1) is 0 Å². The van der Waals surface area contributed by atoms with E-state index in [9.17, 15) is 20.0 Å². The van der Waals surface area contributed by atoms with Crippen LogP contribution in [0.15, 0.2) is 72.0 Å². The number of aromatic nitrogens is 3. The first-order valence-corrected chi connectivity index (χ1v) is 9.19. The summed E-state index contributed by atoms with van der Waals surface area (Å²) in [5.74, 6) is -0.305. The van der Waals surface area contributed by atoms with Crippen molar-refractivity contribution in [2.45, 2.75) is 6.54 Å². The maximum absolute atomic E-state index is 12.5. The van der Waals surface area contributed by atoms with Gasteiger partial charge in [-0.2, -0.15) is 5.10 Å². The zero-order valence-electron chi connectivity index (χ0n) is 16.0. The molecule has 4 aromatic rings. The van der Waals surface area contributed by atoms with Gasteiger partial charge >= 0.3 is 5.69 Å². The van der Waals surface area contributed by atoms with Gasteiger partial charge in [0.25, 0.3) is 5.91 Å². The third-order valence-corrected chi connectivity index (χ3v) is 4.45. The van der Waals surface area contributed by atoms with Gasteiger partial charge in [-0.3, -0.25) is 19.9 Å². The van der Waals surface area contributed by atoms with Crippen molar-refractivity contribution in [2.24, 2.45) is 5.10 Å². The molecule has 31 heavy (non-hydrogen) atoms. The molecule has 2 aromatic carbocycles. The van der Waals surface area contributed by atoms with Crippen LogP contribution in [0.4, 0.5) is 5.69 Å².